The Labute approximate surface area is 464 Å². The third-order valence-corrected chi connectivity index (χ3v) is 14.4. The van der Waals surface area contributed by atoms with Crippen LogP contribution in [0.2, 0.25) is 0 Å². The Hall–Kier alpha value is -5.37. The largest absolute Gasteiger partial charge is 0.463 e. The van der Waals surface area contributed by atoms with Gasteiger partial charge in [0, 0.05) is 82.1 Å². The first-order chi connectivity index (χ1) is 37.4. The number of unbranched alkanes of at least 4 members (excludes halogenated alkanes) is 15. The van der Waals surface area contributed by atoms with Crippen LogP contribution in [0.5, 0.6) is 0 Å². The molecule has 2 N–H and O–H groups in total. The number of rotatable bonds is 40. The van der Waals surface area contributed by atoms with Crippen LogP contribution in [-0.2, 0) is 48.5 Å². The van der Waals surface area contributed by atoms with Crippen LogP contribution >= 0.6 is 23.2 Å². The molecule has 3 atom stereocenters. The number of nitrogens with zero attached hydrogens (tertiary/aromatic N) is 7. The molecule has 0 bridgehead atoms. The topological polar surface area (TPSA) is 228 Å². The lowest BCUT2D eigenvalue weighted by atomic mass is 10.0. The maximum atomic E-state index is 13.7. The number of esters is 1. The summed E-state index contributed by atoms with van der Waals surface area (Å²) in [6.45, 7) is 4.28. The quantitative estimate of drug-likeness (QED) is 0.0139. The number of aromatic nitrogens is 4. The standard InChI is InChI=1S/C56H83Cl2N9O10/c1-3-4-5-6-7-8-9-10-11-12-13-14-15-16-17-18-24-53(68)62-48(37-43-40-65(42-60-43)50-30-28-45(66(71)72)39-51(50)67(73)74)56(70)59-33-21-36-75-55-26-19-22-46(77-55)41-76-54(69)25-20-23-52-61-47-38-44(27-29-49(47)63(52)2)64(34-31-57)35-32-58/h27-30,38-40,42,46,48,55H,3-26,31-37,41H2,1-2H3,(H,59,70)(H,62,68). The number of carbonyl (C=O) groups excluding carboxylic acids is 3. The molecule has 19 nitrogen and oxygen atoms in total. The molecule has 426 valence electrons. The SMILES string of the molecule is CCCCCCCCCCCCCCCCCCC(=O)NC(Cc1cn(-c2ccc([N+](=O)[O-])cc2[N+](=O)[O-])cn1)C(=O)NCCCOC1CCCC(COC(=O)CCCc2nc3cc(N(CCCl)CCCl)ccc3n2C)O1. The first-order valence-electron chi connectivity index (χ1n) is 28.2. The second kappa shape index (κ2) is 35.2. The van der Waals surface area contributed by atoms with Gasteiger partial charge in [0.25, 0.3) is 11.4 Å². The van der Waals surface area contributed by atoms with Gasteiger partial charge in [-0.1, -0.05) is 103 Å². The van der Waals surface area contributed by atoms with Gasteiger partial charge in [0.15, 0.2) is 6.29 Å². The molecule has 0 saturated carbocycles. The molecule has 1 fully saturated rings. The number of hydrogen-bond acceptors (Lipinski definition) is 13. The van der Waals surface area contributed by atoms with E-state index < -0.39 is 39.5 Å². The summed E-state index contributed by atoms with van der Waals surface area (Å²) in [6.07, 6.45) is 26.0. The Morgan fingerprint density at radius 3 is 2.17 bits per heavy atom. The van der Waals surface area contributed by atoms with E-state index >= 15 is 0 Å². The van der Waals surface area contributed by atoms with Crippen LogP contribution in [0.1, 0.15) is 166 Å². The molecule has 1 aliphatic heterocycles. The van der Waals surface area contributed by atoms with Crippen LogP contribution in [0.25, 0.3) is 16.7 Å². The van der Waals surface area contributed by atoms with Gasteiger partial charge in [-0.05, 0) is 62.8 Å². The van der Waals surface area contributed by atoms with Crippen LogP contribution < -0.4 is 15.5 Å². The van der Waals surface area contributed by atoms with Crippen LogP contribution in [-0.4, -0.2) is 110 Å². The normalized spacial score (nSPS) is 14.9. The number of nitrogens with one attached hydrogen (secondary N) is 2. The number of nitro groups is 2. The number of nitro benzene ring substituents is 2. The molecule has 2 amide bonds. The van der Waals surface area contributed by atoms with Crippen molar-refractivity contribution in [3.8, 4) is 5.69 Å². The Bertz CT molecular complexity index is 2430. The van der Waals surface area contributed by atoms with Crippen LogP contribution in [0.3, 0.4) is 0 Å². The highest BCUT2D eigenvalue weighted by Crippen LogP contribution is 2.29. The lowest BCUT2D eigenvalue weighted by Gasteiger charge is -2.29. The predicted molar refractivity (Wildman–Crippen MR) is 301 cm³/mol. The minimum absolute atomic E-state index is 0.00390. The average molecular weight is 1110 g/mol. The van der Waals surface area contributed by atoms with E-state index in [0.717, 1.165) is 60.7 Å². The molecule has 0 aliphatic carbocycles. The van der Waals surface area contributed by atoms with Crippen molar-refractivity contribution < 1.29 is 38.4 Å². The van der Waals surface area contributed by atoms with Crippen molar-refractivity contribution in [3.63, 3.8) is 0 Å². The van der Waals surface area contributed by atoms with E-state index in [1.54, 1.807) is 0 Å². The maximum Gasteiger partial charge on any atom is 0.305 e. The molecule has 2 aromatic heterocycles. The van der Waals surface area contributed by atoms with Crippen molar-refractivity contribution in [2.75, 3.05) is 49.5 Å². The highest BCUT2D eigenvalue weighted by molar-refractivity contribution is 6.18. The van der Waals surface area contributed by atoms with Gasteiger partial charge < -0.3 is 34.3 Å². The molecule has 1 saturated heterocycles. The van der Waals surface area contributed by atoms with E-state index in [1.807, 2.05) is 29.8 Å². The van der Waals surface area contributed by atoms with Gasteiger partial charge in [-0.3, -0.25) is 39.2 Å². The summed E-state index contributed by atoms with van der Waals surface area (Å²) in [6, 6.07) is 8.47. The van der Waals surface area contributed by atoms with E-state index in [9.17, 15) is 34.6 Å². The first kappa shape index (κ1) is 62.5. The number of ether oxygens (including phenoxy) is 3. The highest BCUT2D eigenvalue weighted by atomic mass is 35.5. The third kappa shape index (κ3) is 22.1. The summed E-state index contributed by atoms with van der Waals surface area (Å²) in [7, 11) is 1.97. The van der Waals surface area contributed by atoms with Gasteiger partial charge in [0.2, 0.25) is 11.8 Å². The van der Waals surface area contributed by atoms with E-state index in [-0.39, 0.29) is 62.7 Å². The van der Waals surface area contributed by atoms with Crippen LogP contribution in [0.15, 0.2) is 48.9 Å². The van der Waals surface area contributed by atoms with Crippen LogP contribution in [0.4, 0.5) is 17.1 Å². The molecule has 1 aliphatic rings. The van der Waals surface area contributed by atoms with E-state index in [1.165, 1.54) is 106 Å². The van der Waals surface area contributed by atoms with Gasteiger partial charge in [0.05, 0.1) is 51.7 Å². The predicted octanol–water partition coefficient (Wildman–Crippen LogP) is 11.5. The summed E-state index contributed by atoms with van der Waals surface area (Å²) in [5, 5.41) is 29.0. The van der Waals surface area contributed by atoms with E-state index in [2.05, 4.69) is 27.4 Å². The number of alkyl halides is 2. The second-order valence-electron chi connectivity index (χ2n) is 20.1. The zero-order valence-electron chi connectivity index (χ0n) is 45.4. The summed E-state index contributed by atoms with van der Waals surface area (Å²) < 4.78 is 21.2. The first-order valence-corrected chi connectivity index (χ1v) is 29.3. The number of benzene rings is 2. The van der Waals surface area contributed by atoms with Gasteiger partial charge in [-0.2, -0.15) is 0 Å². The van der Waals surface area contributed by atoms with Crippen molar-refractivity contribution in [1.82, 2.24) is 29.7 Å². The number of halogens is 2. The Balaban J connectivity index is 1.02. The van der Waals surface area contributed by atoms with Gasteiger partial charge in [0.1, 0.15) is 24.2 Å². The smallest absolute Gasteiger partial charge is 0.305 e. The number of fused-ring (bicyclic) bond motifs is 1. The number of anilines is 1. The van der Waals surface area contributed by atoms with Crippen molar-refractivity contribution in [2.45, 2.75) is 186 Å². The fourth-order valence-electron chi connectivity index (χ4n) is 9.72. The Kier molecular flexibility index (Phi) is 28.6. The minimum Gasteiger partial charge on any atom is -0.463 e. The molecule has 4 aromatic rings. The molecule has 5 rings (SSSR count). The second-order valence-corrected chi connectivity index (χ2v) is 20.9. The Morgan fingerprint density at radius 1 is 0.844 bits per heavy atom. The molecule has 0 radical (unpaired) electrons. The van der Waals surface area contributed by atoms with Crippen molar-refractivity contribution in [1.29, 1.82) is 0 Å². The van der Waals surface area contributed by atoms with Gasteiger partial charge >= 0.3 is 5.97 Å². The summed E-state index contributed by atoms with van der Waals surface area (Å²) in [5.41, 5.74) is 2.43. The Morgan fingerprint density at radius 2 is 1.52 bits per heavy atom. The summed E-state index contributed by atoms with van der Waals surface area (Å²) >= 11 is 12.0. The highest BCUT2D eigenvalue weighted by Gasteiger charge is 2.27. The zero-order chi connectivity index (χ0) is 55.2. The lowest BCUT2D eigenvalue weighted by Crippen LogP contribution is -2.48. The van der Waals surface area contributed by atoms with E-state index in [4.69, 9.17) is 42.4 Å². The number of amides is 2. The fraction of sp³-hybridized carbons (Fsp3) is 0.661. The molecular weight excluding hydrogens is 1030 g/mol. The number of imidazole rings is 2. The number of non-ortho nitro benzene ring substituents is 1. The van der Waals surface area contributed by atoms with Crippen molar-refractivity contribution in [2.24, 2.45) is 7.05 Å². The molecule has 3 unspecified atom stereocenters. The summed E-state index contributed by atoms with van der Waals surface area (Å²) in [5.74, 6) is 0.877. The molecule has 3 heterocycles. The fourth-order valence-corrected chi connectivity index (χ4v) is 10.1. The van der Waals surface area contributed by atoms with Crippen LogP contribution in [0, 0.1) is 20.2 Å². The molecule has 21 heteroatoms. The van der Waals surface area contributed by atoms with E-state index in [0.29, 0.717) is 62.6 Å². The zero-order valence-corrected chi connectivity index (χ0v) is 47.0. The maximum absolute atomic E-state index is 13.7. The molecule has 2 aromatic carbocycles. The number of aryl methyl sites for hydroxylation is 2. The minimum atomic E-state index is -0.992. The van der Waals surface area contributed by atoms with Crippen molar-refractivity contribution >= 4 is 69.1 Å². The summed E-state index contributed by atoms with van der Waals surface area (Å²) in [4.78, 5) is 72.9. The lowest BCUT2D eigenvalue weighted by molar-refractivity contribution is -0.394. The third-order valence-electron chi connectivity index (χ3n) is 14.1. The molecule has 77 heavy (non-hydrogen) atoms. The number of hydrogen-bond donors (Lipinski definition) is 2. The molecular formula is C56H83Cl2N9O10. The average Bonchev–Trinajstić information content (AvgIpc) is 4.03. The van der Waals surface area contributed by atoms with Gasteiger partial charge in [-0.25, -0.2) is 9.97 Å². The van der Waals surface area contributed by atoms with Gasteiger partial charge in [-0.15, -0.1) is 23.2 Å². The van der Waals surface area contributed by atoms with Crippen molar-refractivity contribution in [3.05, 3.63) is 80.7 Å². The molecule has 0 spiro atoms. The number of carbonyl (C=O) groups is 3. The monoisotopic (exact) mass is 1110 g/mol.